The van der Waals surface area contributed by atoms with Crippen molar-refractivity contribution >= 4 is 5.97 Å². The van der Waals surface area contributed by atoms with E-state index in [1.165, 1.54) is 5.56 Å². The zero-order chi connectivity index (χ0) is 16.8. The fourth-order valence-corrected chi connectivity index (χ4v) is 2.24. The van der Waals surface area contributed by atoms with E-state index < -0.39 is 6.10 Å². The first-order valence-electron chi connectivity index (χ1n) is 8.04. The second-order valence-electron chi connectivity index (χ2n) is 5.89. The van der Waals surface area contributed by atoms with Crippen molar-refractivity contribution in [2.45, 2.75) is 46.3 Å². The Bertz CT molecular complexity index is 627. The van der Waals surface area contributed by atoms with E-state index in [1.807, 2.05) is 45.0 Å². The normalized spacial score (nSPS) is 12.0. The monoisotopic (exact) mass is 312 g/mol. The molecule has 0 heterocycles. The summed E-state index contributed by atoms with van der Waals surface area (Å²) in [6, 6.07) is 16.2. The van der Waals surface area contributed by atoms with Crippen molar-refractivity contribution in [1.82, 2.24) is 0 Å². The van der Waals surface area contributed by atoms with Crippen molar-refractivity contribution < 1.29 is 14.3 Å². The van der Waals surface area contributed by atoms with Gasteiger partial charge in [-0.3, -0.25) is 0 Å². The van der Waals surface area contributed by atoms with Crippen LogP contribution in [0, 0.1) is 6.92 Å². The van der Waals surface area contributed by atoms with Crippen LogP contribution in [0.15, 0.2) is 48.5 Å². The molecule has 2 aromatic carbocycles. The summed E-state index contributed by atoms with van der Waals surface area (Å²) in [4.78, 5) is 12.0. The van der Waals surface area contributed by atoms with Gasteiger partial charge in [-0.1, -0.05) is 48.9 Å². The number of carbonyl (C=O) groups excluding carboxylic acids is 1. The van der Waals surface area contributed by atoms with Gasteiger partial charge in [0.2, 0.25) is 0 Å². The molecule has 0 bridgehead atoms. The smallest absolute Gasteiger partial charge is 0.347 e. The van der Waals surface area contributed by atoms with Crippen LogP contribution in [-0.2, 0) is 9.53 Å². The molecule has 3 heteroatoms. The largest absolute Gasteiger partial charge is 0.479 e. The van der Waals surface area contributed by atoms with Crippen molar-refractivity contribution in [2.24, 2.45) is 0 Å². The van der Waals surface area contributed by atoms with Gasteiger partial charge in [0.25, 0.3) is 0 Å². The molecule has 0 aliphatic carbocycles. The Hall–Kier alpha value is -2.29. The molecule has 0 amide bonds. The summed E-state index contributed by atoms with van der Waals surface area (Å²) in [6.07, 6.45) is -0.127. The van der Waals surface area contributed by atoms with Gasteiger partial charge in [0.15, 0.2) is 6.10 Å². The molecule has 2 aromatic rings. The predicted octanol–water partition coefficient (Wildman–Crippen LogP) is 4.77. The number of benzene rings is 2. The second kappa shape index (κ2) is 7.82. The molecule has 1 atom stereocenters. The maximum absolute atomic E-state index is 12.0. The van der Waals surface area contributed by atoms with Crippen LogP contribution in [0.25, 0.3) is 11.1 Å². The van der Waals surface area contributed by atoms with Gasteiger partial charge >= 0.3 is 5.97 Å². The van der Waals surface area contributed by atoms with Crippen LogP contribution in [0.2, 0.25) is 0 Å². The first-order chi connectivity index (χ1) is 11.0. The predicted molar refractivity (Wildman–Crippen MR) is 92.6 cm³/mol. The van der Waals surface area contributed by atoms with E-state index in [-0.39, 0.29) is 12.1 Å². The number of hydrogen-bond donors (Lipinski definition) is 0. The Morgan fingerprint density at radius 3 is 1.96 bits per heavy atom. The number of ether oxygens (including phenoxy) is 2. The number of esters is 1. The van der Waals surface area contributed by atoms with Crippen molar-refractivity contribution in [3.8, 4) is 16.9 Å². The zero-order valence-electron chi connectivity index (χ0n) is 14.2. The molecule has 0 radical (unpaired) electrons. The molecule has 0 aliphatic rings. The Kier molecular flexibility index (Phi) is 5.80. The van der Waals surface area contributed by atoms with Crippen molar-refractivity contribution in [2.75, 3.05) is 0 Å². The third-order valence-electron chi connectivity index (χ3n) is 3.50. The van der Waals surface area contributed by atoms with Crippen LogP contribution in [0.1, 0.15) is 32.8 Å². The molecular weight excluding hydrogens is 288 g/mol. The van der Waals surface area contributed by atoms with Crippen LogP contribution in [0.5, 0.6) is 5.75 Å². The minimum absolute atomic E-state index is 0.135. The van der Waals surface area contributed by atoms with E-state index in [2.05, 4.69) is 31.2 Å². The lowest BCUT2D eigenvalue weighted by atomic mass is 10.0. The minimum atomic E-state index is -0.567. The summed E-state index contributed by atoms with van der Waals surface area (Å²) in [5.41, 5.74) is 3.52. The van der Waals surface area contributed by atoms with E-state index in [1.54, 1.807) is 0 Å². The molecule has 0 aromatic heterocycles. The number of hydrogen-bond acceptors (Lipinski definition) is 3. The molecule has 2 rings (SSSR count). The van der Waals surface area contributed by atoms with Crippen LogP contribution < -0.4 is 4.74 Å². The topological polar surface area (TPSA) is 35.5 Å². The van der Waals surface area contributed by atoms with Gasteiger partial charge in [0.05, 0.1) is 6.10 Å². The highest BCUT2D eigenvalue weighted by Crippen LogP contribution is 2.23. The highest BCUT2D eigenvalue weighted by Gasteiger charge is 2.21. The standard InChI is InChI=1S/C20H24O3/c1-5-19(20(21)22-14(2)3)23-18-12-10-17(11-13-18)16-8-6-15(4)7-9-16/h6-14,19H,5H2,1-4H3/t19-/m0/s1. The lowest BCUT2D eigenvalue weighted by Gasteiger charge is -2.18. The zero-order valence-corrected chi connectivity index (χ0v) is 14.2. The maximum Gasteiger partial charge on any atom is 0.347 e. The molecule has 0 unspecified atom stereocenters. The van der Waals surface area contributed by atoms with Crippen molar-refractivity contribution in [1.29, 1.82) is 0 Å². The van der Waals surface area contributed by atoms with E-state index in [9.17, 15) is 4.79 Å². The first-order valence-corrected chi connectivity index (χ1v) is 8.04. The quantitative estimate of drug-likeness (QED) is 0.721. The van der Waals surface area contributed by atoms with E-state index >= 15 is 0 Å². The Labute approximate surface area is 138 Å². The second-order valence-corrected chi connectivity index (χ2v) is 5.89. The summed E-state index contributed by atoms with van der Waals surface area (Å²) >= 11 is 0. The third kappa shape index (κ3) is 4.85. The molecule has 0 spiro atoms. The highest BCUT2D eigenvalue weighted by molar-refractivity contribution is 5.75. The van der Waals surface area contributed by atoms with Crippen molar-refractivity contribution in [3.63, 3.8) is 0 Å². The Morgan fingerprint density at radius 2 is 1.48 bits per heavy atom. The van der Waals surface area contributed by atoms with E-state index in [4.69, 9.17) is 9.47 Å². The van der Waals surface area contributed by atoms with Crippen LogP contribution in [-0.4, -0.2) is 18.2 Å². The highest BCUT2D eigenvalue weighted by atomic mass is 16.6. The van der Waals surface area contributed by atoms with Gasteiger partial charge in [-0.05, 0) is 50.5 Å². The third-order valence-corrected chi connectivity index (χ3v) is 3.50. The molecule has 23 heavy (non-hydrogen) atoms. The fourth-order valence-electron chi connectivity index (χ4n) is 2.24. The van der Waals surface area contributed by atoms with Crippen LogP contribution in [0.3, 0.4) is 0 Å². The lowest BCUT2D eigenvalue weighted by molar-refractivity contribution is -0.155. The number of aryl methyl sites for hydroxylation is 1. The van der Waals surface area contributed by atoms with Gasteiger partial charge in [-0.15, -0.1) is 0 Å². The van der Waals surface area contributed by atoms with E-state index in [0.717, 1.165) is 11.1 Å². The molecule has 0 N–H and O–H groups in total. The van der Waals surface area contributed by atoms with Gasteiger partial charge in [-0.25, -0.2) is 4.79 Å². The van der Waals surface area contributed by atoms with Gasteiger partial charge < -0.3 is 9.47 Å². The summed E-state index contributed by atoms with van der Waals surface area (Å²) in [6.45, 7) is 7.65. The summed E-state index contributed by atoms with van der Waals surface area (Å²) in [5, 5.41) is 0. The number of carbonyl (C=O) groups is 1. The summed E-state index contributed by atoms with van der Waals surface area (Å²) in [7, 11) is 0. The molecule has 0 saturated heterocycles. The van der Waals surface area contributed by atoms with Crippen LogP contribution in [0.4, 0.5) is 0 Å². The number of rotatable bonds is 6. The maximum atomic E-state index is 12.0. The fraction of sp³-hybridized carbons (Fsp3) is 0.350. The molecule has 122 valence electrons. The minimum Gasteiger partial charge on any atom is -0.479 e. The average Bonchev–Trinajstić information content (AvgIpc) is 2.53. The molecular formula is C20H24O3. The van der Waals surface area contributed by atoms with Crippen LogP contribution >= 0.6 is 0 Å². The average molecular weight is 312 g/mol. The van der Waals surface area contributed by atoms with Gasteiger partial charge in [0.1, 0.15) is 5.75 Å². The molecule has 0 aliphatic heterocycles. The molecule has 3 nitrogen and oxygen atoms in total. The van der Waals surface area contributed by atoms with Gasteiger partial charge in [-0.2, -0.15) is 0 Å². The molecule has 0 fully saturated rings. The SMILES string of the molecule is CC[C@H](Oc1ccc(-c2ccc(C)cc2)cc1)C(=O)OC(C)C. The molecule has 0 saturated carbocycles. The van der Waals surface area contributed by atoms with E-state index in [0.29, 0.717) is 12.2 Å². The summed E-state index contributed by atoms with van der Waals surface area (Å²) in [5.74, 6) is 0.360. The Morgan fingerprint density at radius 1 is 0.957 bits per heavy atom. The van der Waals surface area contributed by atoms with Crippen molar-refractivity contribution in [3.05, 3.63) is 54.1 Å². The lowest BCUT2D eigenvalue weighted by Crippen LogP contribution is -2.30. The first kappa shape index (κ1) is 17.1. The summed E-state index contributed by atoms with van der Waals surface area (Å²) < 4.78 is 11.0. The van der Waals surface area contributed by atoms with Gasteiger partial charge in [0, 0.05) is 0 Å². The Balaban J connectivity index is 2.06.